The minimum atomic E-state index is -0.134. The molecule has 0 aliphatic rings. The average molecular weight is 505 g/mol. The Bertz CT molecular complexity index is 1800. The summed E-state index contributed by atoms with van der Waals surface area (Å²) in [4.78, 5) is 34.1. The van der Waals surface area contributed by atoms with E-state index in [4.69, 9.17) is 14.7 Å². The van der Waals surface area contributed by atoms with Gasteiger partial charge in [0.05, 0.1) is 41.4 Å². The number of hydrogen-bond acceptors (Lipinski definition) is 7. The number of nitrogens with one attached hydrogen (secondary N) is 3. The van der Waals surface area contributed by atoms with E-state index in [1.807, 2.05) is 62.4 Å². The van der Waals surface area contributed by atoms with Crippen molar-refractivity contribution in [1.29, 1.82) is 0 Å². The van der Waals surface area contributed by atoms with Crippen LogP contribution < -0.4 is 10.1 Å². The second-order valence-electron chi connectivity index (χ2n) is 9.14. The molecular weight excluding hydrogens is 480 g/mol. The first-order chi connectivity index (χ1) is 18.5. The van der Waals surface area contributed by atoms with Gasteiger partial charge in [-0.3, -0.25) is 19.9 Å². The zero-order valence-corrected chi connectivity index (χ0v) is 21.0. The predicted octanol–water partition coefficient (Wildman–Crippen LogP) is 5.23. The van der Waals surface area contributed by atoms with Gasteiger partial charge in [0.1, 0.15) is 16.8 Å². The van der Waals surface area contributed by atoms with Gasteiger partial charge in [0, 0.05) is 29.4 Å². The van der Waals surface area contributed by atoms with Crippen molar-refractivity contribution < 1.29 is 9.53 Å². The number of amides is 1. The van der Waals surface area contributed by atoms with E-state index in [-0.39, 0.29) is 11.8 Å². The number of nitrogens with zero attached hydrogens (tertiary/aromatic N) is 5. The SMILES string of the molecule is COc1cccc(-c2nccc3[nH]c(-c4n[nH]c5ccc(-c6cncc(NC(=O)C(C)C)c6)nc45)nc23)c1. The summed E-state index contributed by atoms with van der Waals surface area (Å²) in [7, 11) is 1.64. The second-order valence-corrected chi connectivity index (χ2v) is 9.14. The molecule has 6 aromatic rings. The number of aromatic nitrogens is 7. The molecule has 0 radical (unpaired) electrons. The molecule has 5 aromatic heterocycles. The largest absolute Gasteiger partial charge is 0.497 e. The van der Waals surface area contributed by atoms with Crippen LogP contribution in [0.3, 0.4) is 0 Å². The molecule has 10 heteroatoms. The smallest absolute Gasteiger partial charge is 0.226 e. The van der Waals surface area contributed by atoms with Gasteiger partial charge in [-0.25, -0.2) is 9.97 Å². The van der Waals surface area contributed by atoms with E-state index >= 15 is 0 Å². The molecule has 0 unspecified atom stereocenters. The van der Waals surface area contributed by atoms with Crippen LogP contribution in [0.2, 0.25) is 0 Å². The second kappa shape index (κ2) is 9.40. The van der Waals surface area contributed by atoms with Crippen LogP contribution in [-0.2, 0) is 4.79 Å². The molecule has 0 aliphatic carbocycles. The molecule has 3 N–H and O–H groups in total. The van der Waals surface area contributed by atoms with Gasteiger partial charge in [0.2, 0.25) is 5.91 Å². The molecule has 0 fully saturated rings. The molecule has 38 heavy (non-hydrogen) atoms. The normalized spacial score (nSPS) is 11.4. The summed E-state index contributed by atoms with van der Waals surface area (Å²) in [6.07, 6.45) is 5.08. The van der Waals surface area contributed by atoms with Crippen molar-refractivity contribution in [1.82, 2.24) is 35.1 Å². The Morgan fingerprint density at radius 1 is 0.947 bits per heavy atom. The first-order valence-electron chi connectivity index (χ1n) is 12.1. The Morgan fingerprint density at radius 2 is 1.82 bits per heavy atom. The molecular formula is C28H24N8O2. The van der Waals surface area contributed by atoms with Crippen molar-refractivity contribution in [3.05, 3.63) is 67.1 Å². The predicted molar refractivity (Wildman–Crippen MR) is 145 cm³/mol. The molecule has 1 aromatic carbocycles. The third-order valence-corrected chi connectivity index (χ3v) is 6.20. The van der Waals surface area contributed by atoms with Crippen LogP contribution in [0.15, 0.2) is 67.1 Å². The lowest BCUT2D eigenvalue weighted by molar-refractivity contribution is -0.118. The third kappa shape index (κ3) is 4.21. The van der Waals surface area contributed by atoms with Crippen molar-refractivity contribution in [3.8, 4) is 39.8 Å². The van der Waals surface area contributed by atoms with Gasteiger partial charge in [-0.1, -0.05) is 26.0 Å². The fraction of sp³-hybridized carbons (Fsp3) is 0.143. The fourth-order valence-corrected chi connectivity index (χ4v) is 4.19. The summed E-state index contributed by atoms with van der Waals surface area (Å²) >= 11 is 0. The van der Waals surface area contributed by atoms with Crippen molar-refractivity contribution in [2.45, 2.75) is 13.8 Å². The Balaban J connectivity index is 1.41. The fourth-order valence-electron chi connectivity index (χ4n) is 4.19. The third-order valence-electron chi connectivity index (χ3n) is 6.20. The number of hydrogen-bond donors (Lipinski definition) is 3. The van der Waals surface area contributed by atoms with E-state index in [2.05, 4.69) is 30.5 Å². The Morgan fingerprint density at radius 3 is 2.66 bits per heavy atom. The van der Waals surface area contributed by atoms with Crippen LogP contribution in [0.4, 0.5) is 5.69 Å². The van der Waals surface area contributed by atoms with Gasteiger partial charge in [0.25, 0.3) is 0 Å². The zero-order chi connectivity index (χ0) is 26.2. The number of rotatable bonds is 6. The minimum Gasteiger partial charge on any atom is -0.497 e. The number of aromatic amines is 2. The van der Waals surface area contributed by atoms with Gasteiger partial charge < -0.3 is 15.0 Å². The van der Waals surface area contributed by atoms with E-state index < -0.39 is 0 Å². The van der Waals surface area contributed by atoms with Gasteiger partial charge in [-0.15, -0.1) is 0 Å². The summed E-state index contributed by atoms with van der Waals surface area (Å²) in [5.74, 6) is 1.11. The first-order valence-corrected chi connectivity index (χ1v) is 12.1. The topological polar surface area (TPSA) is 134 Å². The highest BCUT2D eigenvalue weighted by Crippen LogP contribution is 2.32. The number of pyridine rings is 3. The van der Waals surface area contributed by atoms with Gasteiger partial charge in [-0.2, -0.15) is 5.10 Å². The minimum absolute atomic E-state index is 0.0721. The van der Waals surface area contributed by atoms with Crippen LogP contribution >= 0.6 is 0 Å². The van der Waals surface area contributed by atoms with Gasteiger partial charge >= 0.3 is 0 Å². The molecule has 0 saturated heterocycles. The number of ether oxygens (including phenoxy) is 1. The lowest BCUT2D eigenvalue weighted by Crippen LogP contribution is -2.17. The summed E-state index contributed by atoms with van der Waals surface area (Å²) in [5.41, 5.74) is 7.30. The van der Waals surface area contributed by atoms with Crippen LogP contribution in [0.1, 0.15) is 13.8 Å². The van der Waals surface area contributed by atoms with Crippen molar-refractivity contribution in [3.63, 3.8) is 0 Å². The molecule has 10 nitrogen and oxygen atoms in total. The maximum absolute atomic E-state index is 12.1. The van der Waals surface area contributed by atoms with Crippen molar-refractivity contribution >= 4 is 33.7 Å². The highest BCUT2D eigenvalue weighted by Gasteiger charge is 2.18. The molecule has 0 aliphatic heterocycles. The van der Waals surface area contributed by atoms with E-state index in [9.17, 15) is 4.79 Å². The molecule has 0 saturated carbocycles. The first kappa shape index (κ1) is 23.3. The lowest BCUT2D eigenvalue weighted by atomic mass is 10.1. The highest BCUT2D eigenvalue weighted by atomic mass is 16.5. The standard InChI is InChI=1S/C28H24N8O2/c1-15(2)28(37)31-18-11-17(13-29-14-18)20-7-8-22-25(32-20)26(36-35-22)27-33-21-9-10-30-23(24(21)34-27)16-5-4-6-19(12-16)38-3/h4-15H,1-3H3,(H,31,37)(H,33,34)(H,35,36). The van der Waals surface area contributed by atoms with Crippen LogP contribution in [-0.4, -0.2) is 48.1 Å². The molecule has 0 atom stereocenters. The van der Waals surface area contributed by atoms with E-state index in [1.54, 1.807) is 25.7 Å². The number of methoxy groups -OCH3 is 1. The number of carbonyl (C=O) groups excluding carboxylic acids is 1. The van der Waals surface area contributed by atoms with Gasteiger partial charge in [-0.05, 0) is 36.4 Å². The van der Waals surface area contributed by atoms with E-state index in [1.165, 1.54) is 0 Å². The summed E-state index contributed by atoms with van der Waals surface area (Å²) in [6, 6.07) is 15.3. The van der Waals surface area contributed by atoms with E-state index in [0.29, 0.717) is 28.4 Å². The number of benzene rings is 1. The molecule has 5 heterocycles. The molecule has 188 valence electrons. The molecule has 0 spiro atoms. The number of anilines is 1. The molecule has 1 amide bonds. The Labute approximate surface area is 217 Å². The summed E-state index contributed by atoms with van der Waals surface area (Å²) < 4.78 is 5.38. The molecule has 6 rings (SSSR count). The monoisotopic (exact) mass is 504 g/mol. The number of imidazole rings is 1. The average Bonchev–Trinajstić information content (AvgIpc) is 3.56. The Kier molecular flexibility index (Phi) is 5.76. The van der Waals surface area contributed by atoms with Crippen LogP contribution in [0.25, 0.3) is 56.1 Å². The summed E-state index contributed by atoms with van der Waals surface area (Å²) in [5, 5.41) is 10.4. The van der Waals surface area contributed by atoms with Crippen molar-refractivity contribution in [2.75, 3.05) is 12.4 Å². The summed E-state index contributed by atoms with van der Waals surface area (Å²) in [6.45, 7) is 3.69. The van der Waals surface area contributed by atoms with Crippen LogP contribution in [0, 0.1) is 5.92 Å². The molecule has 0 bridgehead atoms. The van der Waals surface area contributed by atoms with Gasteiger partial charge in [0.15, 0.2) is 11.5 Å². The van der Waals surface area contributed by atoms with E-state index in [0.717, 1.165) is 39.1 Å². The maximum Gasteiger partial charge on any atom is 0.226 e. The lowest BCUT2D eigenvalue weighted by Gasteiger charge is -2.08. The van der Waals surface area contributed by atoms with Crippen molar-refractivity contribution in [2.24, 2.45) is 5.92 Å². The zero-order valence-electron chi connectivity index (χ0n) is 21.0. The number of fused-ring (bicyclic) bond motifs is 2. The highest BCUT2D eigenvalue weighted by molar-refractivity contribution is 5.95. The number of carbonyl (C=O) groups is 1. The number of H-pyrrole nitrogens is 2. The maximum atomic E-state index is 12.1. The van der Waals surface area contributed by atoms with Crippen LogP contribution in [0.5, 0.6) is 5.75 Å². The quantitative estimate of drug-likeness (QED) is 0.283. The Hall–Kier alpha value is -5.12.